The van der Waals surface area contributed by atoms with Crippen LogP contribution < -0.4 is 0 Å². The maximum absolute atomic E-state index is 9.31. The molecular weight excluding hydrogens is 578 g/mol. The summed E-state index contributed by atoms with van der Waals surface area (Å²) in [5, 5.41) is 9.31. The maximum atomic E-state index is 9.31. The average molecular weight is 658 g/mol. The number of rotatable bonds is 34. The lowest BCUT2D eigenvalue weighted by atomic mass is 9.98. The molecular formula is C43H79NO3. The summed E-state index contributed by atoms with van der Waals surface area (Å²) in [6, 6.07) is 0. The number of hydrogen-bond acceptors (Lipinski definition) is 4. The summed E-state index contributed by atoms with van der Waals surface area (Å²) in [7, 11) is 2.06. The topological polar surface area (TPSA) is 41.9 Å². The molecule has 0 aromatic carbocycles. The highest BCUT2D eigenvalue weighted by molar-refractivity contribution is 4.93. The second-order valence-electron chi connectivity index (χ2n) is 14.1. The van der Waals surface area contributed by atoms with Crippen LogP contribution in [0.25, 0.3) is 0 Å². The highest BCUT2D eigenvalue weighted by Crippen LogP contribution is 2.35. The first-order chi connectivity index (χ1) is 23.2. The summed E-state index contributed by atoms with van der Waals surface area (Å²) in [5.41, 5.74) is 0. The van der Waals surface area contributed by atoms with Crippen LogP contribution in [0.3, 0.4) is 0 Å². The summed E-state index contributed by atoms with van der Waals surface area (Å²) in [6.45, 7) is 6.91. The van der Waals surface area contributed by atoms with Crippen LogP contribution in [0.2, 0.25) is 0 Å². The molecule has 1 aliphatic heterocycles. The highest BCUT2D eigenvalue weighted by Gasteiger charge is 2.40. The number of hydrogen-bond donors (Lipinski definition) is 1. The first-order valence-electron chi connectivity index (χ1n) is 20.4. The first-order valence-corrected chi connectivity index (χ1v) is 20.4. The van der Waals surface area contributed by atoms with Gasteiger partial charge in [-0.2, -0.15) is 0 Å². The molecule has 4 nitrogen and oxygen atoms in total. The zero-order valence-corrected chi connectivity index (χ0v) is 31.6. The molecule has 1 saturated heterocycles. The largest absolute Gasteiger partial charge is 0.395 e. The zero-order valence-electron chi connectivity index (χ0n) is 31.6. The number of likely N-dealkylation sites (N-methyl/N-ethyl adjacent to an activating group) is 1. The molecule has 1 aliphatic rings. The van der Waals surface area contributed by atoms with Crippen LogP contribution in [0.4, 0.5) is 0 Å². The first kappa shape index (κ1) is 43.8. The minimum atomic E-state index is -0.394. The predicted molar refractivity (Wildman–Crippen MR) is 206 cm³/mol. The average Bonchev–Trinajstić information content (AvgIpc) is 3.46. The monoisotopic (exact) mass is 658 g/mol. The van der Waals surface area contributed by atoms with Gasteiger partial charge in [0.1, 0.15) is 0 Å². The zero-order chi connectivity index (χ0) is 33.9. The Morgan fingerprint density at radius 2 is 0.979 bits per heavy atom. The number of aliphatic hydroxyl groups excluding tert-OH is 1. The fourth-order valence-corrected chi connectivity index (χ4v) is 6.47. The van der Waals surface area contributed by atoms with Crippen LogP contribution in [-0.2, 0) is 9.47 Å². The van der Waals surface area contributed by atoms with Gasteiger partial charge in [0, 0.05) is 25.9 Å². The molecule has 1 heterocycles. The molecule has 274 valence electrons. The molecule has 0 bridgehead atoms. The second-order valence-corrected chi connectivity index (χ2v) is 14.1. The lowest BCUT2D eigenvalue weighted by Gasteiger charge is -2.29. The van der Waals surface area contributed by atoms with Crippen molar-refractivity contribution in [1.82, 2.24) is 4.90 Å². The summed E-state index contributed by atoms with van der Waals surface area (Å²) >= 11 is 0. The van der Waals surface area contributed by atoms with Gasteiger partial charge >= 0.3 is 0 Å². The van der Waals surface area contributed by atoms with E-state index in [1.165, 1.54) is 141 Å². The molecule has 0 saturated carbocycles. The van der Waals surface area contributed by atoms with Gasteiger partial charge in [-0.1, -0.05) is 140 Å². The van der Waals surface area contributed by atoms with Gasteiger partial charge in [-0.05, 0) is 84.1 Å². The molecule has 4 heteroatoms. The van der Waals surface area contributed by atoms with Crippen molar-refractivity contribution in [3.05, 3.63) is 48.6 Å². The van der Waals surface area contributed by atoms with Crippen molar-refractivity contribution < 1.29 is 14.6 Å². The van der Waals surface area contributed by atoms with E-state index in [1.807, 2.05) is 0 Å². The quantitative estimate of drug-likeness (QED) is 0.0552. The Morgan fingerprint density at radius 1 is 0.574 bits per heavy atom. The van der Waals surface area contributed by atoms with Gasteiger partial charge in [0.15, 0.2) is 5.79 Å². The lowest BCUT2D eigenvalue weighted by Crippen LogP contribution is -2.35. The molecule has 0 radical (unpaired) electrons. The van der Waals surface area contributed by atoms with E-state index in [1.54, 1.807) is 0 Å². The van der Waals surface area contributed by atoms with Crippen molar-refractivity contribution in [3.8, 4) is 0 Å². The smallest absolute Gasteiger partial charge is 0.168 e. The van der Waals surface area contributed by atoms with Crippen molar-refractivity contribution >= 4 is 0 Å². The molecule has 0 aromatic rings. The van der Waals surface area contributed by atoms with Crippen molar-refractivity contribution in [2.75, 3.05) is 33.4 Å². The molecule has 1 N–H and O–H groups in total. The van der Waals surface area contributed by atoms with Crippen molar-refractivity contribution in [1.29, 1.82) is 0 Å². The molecule has 0 spiro atoms. The van der Waals surface area contributed by atoms with E-state index in [0.29, 0.717) is 13.2 Å². The Hall–Kier alpha value is -1.20. The van der Waals surface area contributed by atoms with Gasteiger partial charge in [0.05, 0.1) is 19.3 Å². The van der Waals surface area contributed by atoms with Gasteiger partial charge in [-0.25, -0.2) is 0 Å². The van der Waals surface area contributed by atoms with Crippen LogP contribution in [0.5, 0.6) is 0 Å². The van der Waals surface area contributed by atoms with E-state index in [-0.39, 0.29) is 12.7 Å². The van der Waals surface area contributed by atoms with Gasteiger partial charge in [-0.3, -0.25) is 0 Å². The van der Waals surface area contributed by atoms with E-state index in [0.717, 1.165) is 32.2 Å². The van der Waals surface area contributed by atoms with Crippen LogP contribution in [0, 0.1) is 0 Å². The summed E-state index contributed by atoms with van der Waals surface area (Å²) in [4.78, 5) is 2.16. The van der Waals surface area contributed by atoms with Crippen LogP contribution in [-0.4, -0.2) is 55.2 Å². The minimum Gasteiger partial charge on any atom is -0.395 e. The molecule has 47 heavy (non-hydrogen) atoms. The Morgan fingerprint density at radius 3 is 1.40 bits per heavy atom. The molecule has 1 atom stereocenters. The van der Waals surface area contributed by atoms with E-state index < -0.39 is 5.79 Å². The maximum Gasteiger partial charge on any atom is 0.168 e. The molecule has 0 aromatic heterocycles. The normalized spacial score (nSPS) is 18.9. The number of allylic oxidation sites excluding steroid dienone is 8. The van der Waals surface area contributed by atoms with Gasteiger partial charge in [0.2, 0.25) is 0 Å². The standard InChI is InChI=1S/C43H79NO3/c1-4-6-8-10-12-14-16-18-20-22-24-26-28-30-32-34-36-43(46-41-42(47-43)40-44(3)38-39-45)37-35-33-31-29-27-25-23-21-19-17-15-13-11-9-7-5-2/h12-15,18-21,42,45H,4-11,16-17,22-41H2,1-3H3/t42-,43?/m0/s1. The Balaban J connectivity index is 2.20. The summed E-state index contributed by atoms with van der Waals surface area (Å²) in [5.74, 6) is -0.394. The second kappa shape index (κ2) is 33.3. The Labute approximate surface area is 293 Å². The number of unbranched alkanes of at least 4 members (excludes halogenated alkanes) is 18. The minimum absolute atomic E-state index is 0.112. The molecule has 1 rings (SSSR count). The van der Waals surface area contributed by atoms with Gasteiger partial charge in [0.25, 0.3) is 0 Å². The number of nitrogens with zero attached hydrogens (tertiary/aromatic N) is 1. The predicted octanol–water partition coefficient (Wildman–Crippen LogP) is 12.4. The third kappa shape index (κ3) is 27.3. The third-order valence-electron chi connectivity index (χ3n) is 9.43. The van der Waals surface area contributed by atoms with E-state index >= 15 is 0 Å². The lowest BCUT2D eigenvalue weighted by molar-refractivity contribution is -0.180. The van der Waals surface area contributed by atoms with Crippen LogP contribution in [0.15, 0.2) is 48.6 Å². The molecule has 0 unspecified atom stereocenters. The highest BCUT2D eigenvalue weighted by atomic mass is 16.7. The summed E-state index contributed by atoms with van der Waals surface area (Å²) in [6.07, 6.45) is 51.5. The van der Waals surface area contributed by atoms with Gasteiger partial charge < -0.3 is 19.5 Å². The van der Waals surface area contributed by atoms with E-state index in [9.17, 15) is 5.11 Å². The fraction of sp³-hybridized carbons (Fsp3) is 0.814. The Kier molecular flexibility index (Phi) is 31.1. The SMILES string of the molecule is CCCCCC=CCC=CCCCCCCCCC1(CCCCCCCCC=CCC=CCCCCC)OC[C@H](CN(C)CCO)O1. The number of ether oxygens (including phenoxy) is 2. The van der Waals surface area contributed by atoms with Gasteiger partial charge in [-0.15, -0.1) is 0 Å². The van der Waals surface area contributed by atoms with E-state index in [2.05, 4.69) is 74.4 Å². The van der Waals surface area contributed by atoms with Crippen LogP contribution in [0.1, 0.15) is 181 Å². The molecule has 1 fully saturated rings. The van der Waals surface area contributed by atoms with Crippen molar-refractivity contribution in [3.63, 3.8) is 0 Å². The van der Waals surface area contributed by atoms with E-state index in [4.69, 9.17) is 9.47 Å². The third-order valence-corrected chi connectivity index (χ3v) is 9.43. The van der Waals surface area contributed by atoms with Crippen molar-refractivity contribution in [2.24, 2.45) is 0 Å². The fourth-order valence-electron chi connectivity index (χ4n) is 6.47. The van der Waals surface area contributed by atoms with Crippen molar-refractivity contribution in [2.45, 2.75) is 193 Å². The molecule has 0 amide bonds. The number of aliphatic hydroxyl groups is 1. The summed E-state index contributed by atoms with van der Waals surface area (Å²) < 4.78 is 13.1. The van der Waals surface area contributed by atoms with Crippen LogP contribution >= 0.6 is 0 Å². The Bertz CT molecular complexity index is 725. The molecule has 0 aliphatic carbocycles.